The van der Waals surface area contributed by atoms with Crippen molar-refractivity contribution in [3.63, 3.8) is 0 Å². The van der Waals surface area contributed by atoms with Crippen LogP contribution in [0.25, 0.3) is 0 Å². The summed E-state index contributed by atoms with van der Waals surface area (Å²) in [7, 11) is 0. The second kappa shape index (κ2) is 10.6. The van der Waals surface area contributed by atoms with E-state index >= 15 is 0 Å². The van der Waals surface area contributed by atoms with Gasteiger partial charge in [0, 0.05) is 43.1 Å². The maximum Gasteiger partial charge on any atom is 0.410 e. The molecule has 8 nitrogen and oxygen atoms in total. The molecule has 0 bridgehead atoms. The minimum atomic E-state index is -1.31. The van der Waals surface area contributed by atoms with Gasteiger partial charge in [0.2, 0.25) is 0 Å². The van der Waals surface area contributed by atoms with E-state index in [1.54, 1.807) is 4.90 Å². The first-order valence-corrected chi connectivity index (χ1v) is 11.9. The van der Waals surface area contributed by atoms with Crippen LogP contribution in [0.2, 0.25) is 0 Å². The molecule has 0 aliphatic carbocycles. The maximum atomic E-state index is 14.1. The van der Waals surface area contributed by atoms with Gasteiger partial charge in [0.25, 0.3) is 5.91 Å². The molecule has 1 aromatic heterocycles. The molecular weight excluding hydrogens is 499 g/mol. The molecule has 0 unspecified atom stereocenters. The van der Waals surface area contributed by atoms with Crippen molar-refractivity contribution in [1.82, 2.24) is 9.88 Å². The van der Waals surface area contributed by atoms with Crippen molar-refractivity contribution in [2.24, 2.45) is 5.73 Å². The molecular formula is C27H28F3N5O3. The molecule has 3 aromatic rings. The first-order chi connectivity index (χ1) is 17.9. The molecule has 0 fully saturated rings. The van der Waals surface area contributed by atoms with Gasteiger partial charge in [0.05, 0.1) is 11.3 Å². The summed E-state index contributed by atoms with van der Waals surface area (Å²) < 4.78 is 47.1. The number of hydrogen-bond donors (Lipinski definition) is 3. The Balaban J connectivity index is 1.50. The number of hydrogen-bond acceptors (Lipinski definition) is 6. The second-order valence-electron chi connectivity index (χ2n) is 9.92. The maximum absolute atomic E-state index is 14.1. The number of anilines is 3. The highest BCUT2D eigenvalue weighted by Gasteiger charge is 2.26. The molecule has 1 aliphatic heterocycles. The van der Waals surface area contributed by atoms with Crippen molar-refractivity contribution in [1.29, 1.82) is 0 Å². The third-order valence-electron chi connectivity index (χ3n) is 5.91. The SMILES string of the molecule is CC(C)(C)OC(=O)N1CCc2cc(Nc3cc(NCc4c(F)ccc(F)c4F)c(C(N)=O)cn3)ccc2C1. The van der Waals surface area contributed by atoms with Crippen LogP contribution in [0.1, 0.15) is 47.8 Å². The van der Waals surface area contributed by atoms with E-state index in [-0.39, 0.29) is 17.3 Å². The number of aromatic nitrogens is 1. The smallest absolute Gasteiger partial charge is 0.410 e. The Bertz CT molecular complexity index is 1390. The number of pyridine rings is 1. The molecule has 2 amide bonds. The van der Waals surface area contributed by atoms with E-state index in [0.29, 0.717) is 37.1 Å². The lowest BCUT2D eigenvalue weighted by Gasteiger charge is -2.31. The monoisotopic (exact) mass is 527 g/mol. The van der Waals surface area contributed by atoms with Gasteiger partial charge in [0.1, 0.15) is 17.2 Å². The predicted octanol–water partition coefficient (Wildman–Crippen LogP) is 5.25. The number of carbonyl (C=O) groups excluding carboxylic acids is 2. The van der Waals surface area contributed by atoms with Gasteiger partial charge >= 0.3 is 6.09 Å². The molecule has 200 valence electrons. The summed E-state index contributed by atoms with van der Waals surface area (Å²) in [6.45, 7) is 5.99. The highest BCUT2D eigenvalue weighted by molar-refractivity contribution is 5.98. The minimum absolute atomic E-state index is 0.000412. The van der Waals surface area contributed by atoms with Gasteiger partial charge in [-0.15, -0.1) is 0 Å². The molecule has 4 rings (SSSR count). The van der Waals surface area contributed by atoms with Gasteiger partial charge in [0.15, 0.2) is 11.6 Å². The van der Waals surface area contributed by atoms with Crippen molar-refractivity contribution >= 4 is 29.2 Å². The number of rotatable bonds is 6. The first kappa shape index (κ1) is 26.8. The van der Waals surface area contributed by atoms with Crippen molar-refractivity contribution < 1.29 is 27.5 Å². The lowest BCUT2D eigenvalue weighted by molar-refractivity contribution is 0.0224. The number of ether oxygens (including phenoxy) is 1. The zero-order valence-electron chi connectivity index (χ0n) is 21.2. The van der Waals surface area contributed by atoms with Crippen LogP contribution in [-0.4, -0.2) is 34.0 Å². The number of nitrogens with two attached hydrogens (primary N) is 1. The Morgan fingerprint density at radius 2 is 1.82 bits per heavy atom. The third-order valence-corrected chi connectivity index (χ3v) is 5.91. The number of halogens is 3. The van der Waals surface area contributed by atoms with Gasteiger partial charge in [-0.2, -0.15) is 0 Å². The summed E-state index contributed by atoms with van der Waals surface area (Å²) in [5.74, 6) is -3.88. The fraction of sp³-hybridized carbons (Fsp3) is 0.296. The van der Waals surface area contributed by atoms with Crippen LogP contribution in [0.3, 0.4) is 0 Å². The summed E-state index contributed by atoms with van der Waals surface area (Å²) in [6, 6.07) is 8.67. The minimum Gasteiger partial charge on any atom is -0.444 e. The molecule has 2 aromatic carbocycles. The number of nitrogens with zero attached hydrogens (tertiary/aromatic N) is 2. The summed E-state index contributed by atoms with van der Waals surface area (Å²) in [4.78, 5) is 30.2. The van der Waals surface area contributed by atoms with Crippen molar-refractivity contribution in [2.75, 3.05) is 17.2 Å². The van der Waals surface area contributed by atoms with Crippen molar-refractivity contribution in [2.45, 2.75) is 45.9 Å². The summed E-state index contributed by atoms with van der Waals surface area (Å²) in [5.41, 5.74) is 7.27. The second-order valence-corrected chi connectivity index (χ2v) is 9.92. The summed E-state index contributed by atoms with van der Waals surface area (Å²) in [6.07, 6.45) is 1.51. The summed E-state index contributed by atoms with van der Waals surface area (Å²) >= 11 is 0. The Kier molecular flexibility index (Phi) is 7.47. The van der Waals surface area contributed by atoms with Gasteiger partial charge in [-0.05, 0) is 62.6 Å². The standard InChI is InChI=1S/C27H28F3N5O3/c1-27(2,3)38-26(37)35-9-8-15-10-17(5-4-16(15)14-35)34-23-11-22(19(13-33-23)25(31)36)32-12-18-20(28)6-7-21(29)24(18)30/h4-7,10-11,13H,8-9,12,14H2,1-3H3,(H2,31,36)(H2,32,33,34). The van der Waals surface area contributed by atoms with E-state index in [0.717, 1.165) is 17.2 Å². The van der Waals surface area contributed by atoms with Gasteiger partial charge < -0.3 is 26.0 Å². The topological polar surface area (TPSA) is 110 Å². The van der Waals surface area contributed by atoms with Gasteiger partial charge in [-0.3, -0.25) is 4.79 Å². The highest BCUT2D eigenvalue weighted by atomic mass is 19.2. The van der Waals surface area contributed by atoms with Crippen LogP contribution in [-0.2, 0) is 24.2 Å². The van der Waals surface area contributed by atoms with Crippen LogP contribution in [0.5, 0.6) is 0 Å². The molecule has 1 aliphatic rings. The van der Waals surface area contributed by atoms with Crippen molar-refractivity contribution in [3.8, 4) is 0 Å². The number of carbonyl (C=O) groups is 2. The van der Waals surface area contributed by atoms with E-state index in [9.17, 15) is 22.8 Å². The van der Waals surface area contributed by atoms with Gasteiger partial charge in [-0.1, -0.05) is 6.07 Å². The number of benzene rings is 2. The van der Waals surface area contributed by atoms with Crippen LogP contribution in [0.15, 0.2) is 42.6 Å². The quantitative estimate of drug-likeness (QED) is 0.378. The molecule has 4 N–H and O–H groups in total. The molecule has 0 saturated heterocycles. The van der Waals surface area contributed by atoms with Crippen LogP contribution < -0.4 is 16.4 Å². The molecule has 0 saturated carbocycles. The molecule has 0 atom stereocenters. The largest absolute Gasteiger partial charge is 0.444 e. The number of nitrogens with one attached hydrogen (secondary N) is 2. The first-order valence-electron chi connectivity index (χ1n) is 11.9. The summed E-state index contributed by atoms with van der Waals surface area (Å²) in [5, 5.41) is 5.89. The fourth-order valence-electron chi connectivity index (χ4n) is 4.04. The van der Waals surface area contributed by atoms with E-state index in [2.05, 4.69) is 15.6 Å². The van der Waals surface area contributed by atoms with E-state index in [1.165, 1.54) is 12.3 Å². The molecule has 38 heavy (non-hydrogen) atoms. The highest BCUT2D eigenvalue weighted by Crippen LogP contribution is 2.27. The fourth-order valence-corrected chi connectivity index (χ4v) is 4.04. The van der Waals surface area contributed by atoms with Gasteiger partial charge in [-0.25, -0.2) is 22.9 Å². The lowest BCUT2D eigenvalue weighted by atomic mass is 9.99. The Morgan fingerprint density at radius 1 is 1.08 bits per heavy atom. The lowest BCUT2D eigenvalue weighted by Crippen LogP contribution is -2.39. The van der Waals surface area contributed by atoms with E-state index in [1.807, 2.05) is 39.0 Å². The Labute approximate surface area is 218 Å². The van der Waals surface area contributed by atoms with Crippen LogP contribution >= 0.6 is 0 Å². The van der Waals surface area contributed by atoms with Crippen LogP contribution in [0, 0.1) is 17.5 Å². The molecule has 0 spiro atoms. The number of amides is 2. The predicted molar refractivity (Wildman–Crippen MR) is 136 cm³/mol. The third kappa shape index (κ3) is 6.16. The average Bonchev–Trinajstić information content (AvgIpc) is 2.85. The Hall–Kier alpha value is -4.28. The average molecular weight is 528 g/mol. The molecule has 2 heterocycles. The van der Waals surface area contributed by atoms with Crippen LogP contribution in [0.4, 0.5) is 35.2 Å². The Morgan fingerprint density at radius 3 is 2.53 bits per heavy atom. The normalized spacial score (nSPS) is 13.1. The zero-order chi connectivity index (χ0) is 27.6. The molecule has 0 radical (unpaired) electrons. The molecule has 11 heteroatoms. The number of fused-ring (bicyclic) bond motifs is 1. The number of primary amides is 1. The van der Waals surface area contributed by atoms with Crippen molar-refractivity contribution in [3.05, 3.63) is 82.3 Å². The van der Waals surface area contributed by atoms with E-state index in [4.69, 9.17) is 10.5 Å². The zero-order valence-corrected chi connectivity index (χ0v) is 21.2. The van der Waals surface area contributed by atoms with E-state index < -0.39 is 41.1 Å².